The third-order valence-electron chi connectivity index (χ3n) is 4.15. The number of benzene rings is 1. The van der Waals surface area contributed by atoms with Crippen molar-refractivity contribution in [1.29, 1.82) is 0 Å². The Hall–Kier alpha value is -1.16. The summed E-state index contributed by atoms with van der Waals surface area (Å²) in [6.45, 7) is 5.72. The summed E-state index contributed by atoms with van der Waals surface area (Å²) < 4.78 is 6.07. The maximum Gasteiger partial charge on any atom is 0.0782 e. The molecule has 0 fully saturated rings. The molecule has 0 saturated heterocycles. The number of nitrogens with zero attached hydrogens (tertiary/aromatic N) is 1. The van der Waals surface area contributed by atoms with E-state index in [0.717, 1.165) is 6.42 Å². The van der Waals surface area contributed by atoms with Crippen molar-refractivity contribution in [2.24, 2.45) is 0 Å². The van der Waals surface area contributed by atoms with Gasteiger partial charge in [-0.1, -0.05) is 42.8 Å². The number of hydrogen-bond acceptors (Lipinski definition) is 3. The lowest BCUT2D eigenvalue weighted by molar-refractivity contribution is 0.00408. The maximum absolute atomic E-state index is 6.07. The molecule has 2 nitrogen and oxygen atoms in total. The van der Waals surface area contributed by atoms with Crippen molar-refractivity contribution in [3.05, 3.63) is 57.8 Å². The quantitative estimate of drug-likeness (QED) is 0.750. The minimum Gasteiger partial charge on any atom is -0.374 e. The van der Waals surface area contributed by atoms with Crippen LogP contribution in [0.4, 0.5) is 0 Å². The van der Waals surface area contributed by atoms with Crippen LogP contribution in [0.3, 0.4) is 0 Å². The molecule has 0 amide bonds. The van der Waals surface area contributed by atoms with E-state index in [-0.39, 0.29) is 5.54 Å². The van der Waals surface area contributed by atoms with E-state index in [1.807, 2.05) is 11.3 Å². The van der Waals surface area contributed by atoms with Gasteiger partial charge < -0.3 is 4.74 Å². The van der Waals surface area contributed by atoms with Gasteiger partial charge in [-0.25, -0.2) is 0 Å². The fourth-order valence-electron chi connectivity index (χ4n) is 2.58. The summed E-state index contributed by atoms with van der Waals surface area (Å²) in [6.07, 6.45) is 1.04. The summed E-state index contributed by atoms with van der Waals surface area (Å²) in [5, 5.41) is 2.14. The zero-order chi connectivity index (χ0) is 15.3. The fraction of sp³-hybridized carbons (Fsp3) is 0.444. The summed E-state index contributed by atoms with van der Waals surface area (Å²) >= 11 is 1.81. The molecule has 1 heterocycles. The van der Waals surface area contributed by atoms with Crippen molar-refractivity contribution in [3.8, 4) is 0 Å². The van der Waals surface area contributed by atoms with Crippen LogP contribution in [0.25, 0.3) is 0 Å². The highest BCUT2D eigenvalue weighted by molar-refractivity contribution is 7.10. The van der Waals surface area contributed by atoms with Crippen LogP contribution < -0.4 is 0 Å². The Kier molecular flexibility index (Phi) is 5.57. The minimum atomic E-state index is -0.0289. The normalized spacial score (nSPS) is 14.3. The van der Waals surface area contributed by atoms with Crippen molar-refractivity contribution in [2.45, 2.75) is 32.4 Å². The number of likely N-dealkylation sites (N-methyl/N-ethyl adjacent to an activating group) is 1. The van der Waals surface area contributed by atoms with Gasteiger partial charge in [-0.05, 0) is 44.4 Å². The van der Waals surface area contributed by atoms with Crippen molar-refractivity contribution in [2.75, 3.05) is 20.7 Å². The van der Waals surface area contributed by atoms with Crippen LogP contribution >= 0.6 is 11.3 Å². The molecule has 0 aliphatic rings. The predicted octanol–water partition coefficient (Wildman–Crippen LogP) is 4.44. The van der Waals surface area contributed by atoms with E-state index in [0.29, 0.717) is 13.2 Å². The first-order chi connectivity index (χ1) is 10.1. The largest absolute Gasteiger partial charge is 0.374 e. The Morgan fingerprint density at radius 1 is 1.14 bits per heavy atom. The topological polar surface area (TPSA) is 12.5 Å². The molecule has 21 heavy (non-hydrogen) atoms. The van der Waals surface area contributed by atoms with Crippen LogP contribution in [0.15, 0.2) is 41.8 Å². The Bertz CT molecular complexity index is 533. The van der Waals surface area contributed by atoms with Gasteiger partial charge in [0.1, 0.15) is 0 Å². The molecule has 0 bridgehead atoms. The number of hydrogen-bond donors (Lipinski definition) is 0. The summed E-state index contributed by atoms with van der Waals surface area (Å²) in [5.74, 6) is 0. The number of ether oxygens (including phenoxy) is 1. The maximum atomic E-state index is 6.07. The zero-order valence-corrected chi connectivity index (χ0v) is 14.2. The molecular weight excluding hydrogens is 278 g/mol. The molecule has 2 aromatic rings. The Labute approximate surface area is 132 Å². The molecule has 0 spiro atoms. The van der Waals surface area contributed by atoms with Gasteiger partial charge in [-0.15, -0.1) is 11.3 Å². The molecule has 0 aliphatic heterocycles. The molecule has 1 atom stereocenters. The van der Waals surface area contributed by atoms with Crippen LogP contribution in [-0.4, -0.2) is 25.6 Å². The minimum absolute atomic E-state index is 0.0289. The third kappa shape index (κ3) is 3.73. The van der Waals surface area contributed by atoms with Crippen molar-refractivity contribution in [1.82, 2.24) is 4.90 Å². The first kappa shape index (κ1) is 16.2. The molecule has 2 rings (SSSR count). The average molecular weight is 303 g/mol. The molecule has 3 heteroatoms. The highest BCUT2D eigenvalue weighted by Gasteiger charge is 2.34. The number of rotatable bonds is 7. The van der Waals surface area contributed by atoms with Crippen LogP contribution in [0, 0.1) is 6.92 Å². The number of thiophene rings is 1. The smallest absolute Gasteiger partial charge is 0.0782 e. The molecule has 1 aromatic carbocycles. The van der Waals surface area contributed by atoms with Crippen LogP contribution in [0.1, 0.15) is 29.3 Å². The first-order valence-electron chi connectivity index (χ1n) is 7.43. The molecule has 0 radical (unpaired) electrons. The second kappa shape index (κ2) is 7.21. The monoisotopic (exact) mass is 303 g/mol. The molecular formula is C18H25NOS. The standard InChI is InChI=1S/C18H25NOS/c1-5-18(19(3)4,17-7-6-12-21-17)14-20-13-16-10-8-15(2)9-11-16/h6-12H,5,13-14H2,1-4H3. The van der Waals surface area contributed by atoms with E-state index in [9.17, 15) is 0 Å². The highest BCUT2D eigenvalue weighted by Crippen LogP contribution is 2.34. The van der Waals surface area contributed by atoms with Gasteiger partial charge in [0.15, 0.2) is 0 Å². The molecule has 1 aromatic heterocycles. The van der Waals surface area contributed by atoms with Crippen molar-refractivity contribution < 1.29 is 4.74 Å². The zero-order valence-electron chi connectivity index (χ0n) is 13.4. The second-order valence-electron chi connectivity index (χ2n) is 5.74. The van der Waals surface area contributed by atoms with E-state index in [1.54, 1.807) is 0 Å². The van der Waals surface area contributed by atoms with E-state index in [2.05, 4.69) is 74.6 Å². The van der Waals surface area contributed by atoms with E-state index >= 15 is 0 Å². The summed E-state index contributed by atoms with van der Waals surface area (Å²) in [6, 6.07) is 12.9. The summed E-state index contributed by atoms with van der Waals surface area (Å²) in [5.41, 5.74) is 2.49. The summed E-state index contributed by atoms with van der Waals surface area (Å²) in [7, 11) is 4.27. The molecule has 0 saturated carbocycles. The number of aryl methyl sites for hydroxylation is 1. The van der Waals surface area contributed by atoms with Crippen LogP contribution in [-0.2, 0) is 16.9 Å². The summed E-state index contributed by atoms with van der Waals surface area (Å²) in [4.78, 5) is 3.66. The van der Waals surface area contributed by atoms with Crippen molar-refractivity contribution in [3.63, 3.8) is 0 Å². The fourth-order valence-corrected chi connectivity index (χ4v) is 3.64. The van der Waals surface area contributed by atoms with E-state index < -0.39 is 0 Å². The second-order valence-corrected chi connectivity index (χ2v) is 6.68. The molecule has 0 aliphatic carbocycles. The van der Waals surface area contributed by atoms with E-state index in [4.69, 9.17) is 4.74 Å². The van der Waals surface area contributed by atoms with Crippen molar-refractivity contribution >= 4 is 11.3 Å². The third-order valence-corrected chi connectivity index (χ3v) is 5.21. The molecule has 0 N–H and O–H groups in total. The van der Waals surface area contributed by atoms with Crippen LogP contribution in [0.5, 0.6) is 0 Å². The highest BCUT2D eigenvalue weighted by atomic mass is 32.1. The predicted molar refractivity (Wildman–Crippen MR) is 90.8 cm³/mol. The van der Waals surface area contributed by atoms with Gasteiger partial charge >= 0.3 is 0 Å². The van der Waals surface area contributed by atoms with Crippen LogP contribution in [0.2, 0.25) is 0 Å². The Morgan fingerprint density at radius 2 is 1.86 bits per heavy atom. The van der Waals surface area contributed by atoms with Gasteiger partial charge in [0.25, 0.3) is 0 Å². The first-order valence-corrected chi connectivity index (χ1v) is 8.31. The Balaban J connectivity index is 2.04. The van der Waals surface area contributed by atoms with Gasteiger partial charge in [0, 0.05) is 4.88 Å². The molecule has 1 unspecified atom stereocenters. The van der Waals surface area contributed by atoms with Gasteiger partial charge in [0.05, 0.1) is 18.8 Å². The SMILES string of the molecule is CCC(COCc1ccc(C)cc1)(c1cccs1)N(C)C. The Morgan fingerprint density at radius 3 is 2.38 bits per heavy atom. The van der Waals surface area contributed by atoms with E-state index in [1.165, 1.54) is 16.0 Å². The lowest BCUT2D eigenvalue weighted by Gasteiger charge is -2.38. The average Bonchev–Trinajstić information content (AvgIpc) is 3.00. The lowest BCUT2D eigenvalue weighted by atomic mass is 9.93. The molecule has 114 valence electrons. The van der Waals surface area contributed by atoms with Gasteiger partial charge in [-0.3, -0.25) is 4.90 Å². The lowest BCUT2D eigenvalue weighted by Crippen LogP contribution is -2.44. The van der Waals surface area contributed by atoms with Gasteiger partial charge in [-0.2, -0.15) is 0 Å². The van der Waals surface area contributed by atoms with Gasteiger partial charge in [0.2, 0.25) is 0 Å².